The average molecular weight is 359 g/mol. The van der Waals surface area contributed by atoms with Gasteiger partial charge in [-0.25, -0.2) is 0 Å². The number of aromatic amines is 1. The van der Waals surface area contributed by atoms with Gasteiger partial charge in [-0.05, 0) is 44.4 Å². The second-order valence-corrected chi connectivity index (χ2v) is 7.52. The van der Waals surface area contributed by atoms with Crippen LogP contribution in [-0.2, 0) is 0 Å². The Hall–Kier alpha value is -2.41. The number of carbonyl (C=O) groups is 3. The summed E-state index contributed by atoms with van der Waals surface area (Å²) in [6.45, 7) is 5.76. The number of aryl methyl sites for hydroxylation is 1. The van der Waals surface area contributed by atoms with Gasteiger partial charge in [0.05, 0.1) is 22.2 Å². The summed E-state index contributed by atoms with van der Waals surface area (Å²) in [6.07, 6.45) is 1.76. The number of hydrogen-bond acceptors (Lipinski definition) is 4. The highest BCUT2D eigenvalue weighted by molar-refractivity contribution is 7.14. The number of nitrogens with one attached hydrogen (secondary N) is 1. The molecule has 1 aliphatic rings. The van der Waals surface area contributed by atoms with E-state index >= 15 is 0 Å². The average Bonchev–Trinajstić information content (AvgIpc) is 3.24. The molecule has 0 radical (unpaired) electrons. The normalized spacial score (nSPS) is 17.1. The number of ketones is 1. The summed E-state index contributed by atoms with van der Waals surface area (Å²) in [7, 11) is 0. The zero-order valence-corrected chi connectivity index (χ0v) is 15.3. The third-order valence-electron chi connectivity index (χ3n) is 4.72. The minimum atomic E-state index is -0.449. The first-order chi connectivity index (χ1) is 11.8. The maximum atomic E-state index is 13.2. The van der Waals surface area contributed by atoms with E-state index in [-0.39, 0.29) is 17.7 Å². The number of aromatic nitrogens is 1. The lowest BCUT2D eigenvalue weighted by Gasteiger charge is -2.24. The highest BCUT2D eigenvalue weighted by Gasteiger charge is 2.34. The van der Waals surface area contributed by atoms with Gasteiger partial charge < -0.3 is 15.6 Å². The molecule has 0 aromatic carbocycles. The number of carbonyl (C=O) groups excluding carboxylic acids is 3. The summed E-state index contributed by atoms with van der Waals surface area (Å²) >= 11 is 1.34. The van der Waals surface area contributed by atoms with Crippen LogP contribution in [0.15, 0.2) is 12.1 Å². The van der Waals surface area contributed by atoms with Crippen molar-refractivity contribution in [3.8, 4) is 0 Å². The molecule has 1 atom stereocenters. The van der Waals surface area contributed by atoms with E-state index in [0.29, 0.717) is 33.9 Å². The Morgan fingerprint density at radius 2 is 2.00 bits per heavy atom. The van der Waals surface area contributed by atoms with Crippen LogP contribution in [0.25, 0.3) is 0 Å². The SMILES string of the molecule is CC(=O)c1[nH]c(C)c(C(=O)N2CCC[C@@H]2c2ccc(C(N)=O)s2)c1C. The molecule has 7 heteroatoms. The second-order valence-electron chi connectivity index (χ2n) is 6.40. The molecule has 3 N–H and O–H groups in total. The number of Topliss-reactive ketones (excluding diaryl/α,β-unsaturated/α-hetero) is 1. The van der Waals surface area contributed by atoms with Crippen molar-refractivity contribution in [3.63, 3.8) is 0 Å². The van der Waals surface area contributed by atoms with Crippen molar-refractivity contribution in [2.45, 2.75) is 39.7 Å². The Morgan fingerprint density at radius 3 is 2.56 bits per heavy atom. The lowest BCUT2D eigenvalue weighted by atomic mass is 10.1. The fourth-order valence-corrected chi connectivity index (χ4v) is 4.54. The largest absolute Gasteiger partial charge is 0.365 e. The van der Waals surface area contributed by atoms with Crippen LogP contribution in [-0.4, -0.2) is 34.0 Å². The molecule has 3 rings (SSSR count). The van der Waals surface area contributed by atoms with Crippen molar-refractivity contribution in [2.75, 3.05) is 6.54 Å². The van der Waals surface area contributed by atoms with Crippen molar-refractivity contribution in [1.29, 1.82) is 0 Å². The van der Waals surface area contributed by atoms with Gasteiger partial charge >= 0.3 is 0 Å². The fourth-order valence-electron chi connectivity index (χ4n) is 3.54. The summed E-state index contributed by atoms with van der Waals surface area (Å²) in [5.74, 6) is -0.604. The zero-order valence-electron chi connectivity index (χ0n) is 14.5. The Balaban J connectivity index is 1.93. The van der Waals surface area contributed by atoms with Gasteiger partial charge in [-0.15, -0.1) is 11.3 Å². The molecule has 1 fully saturated rings. The summed E-state index contributed by atoms with van der Waals surface area (Å²) in [5, 5.41) is 0. The van der Waals surface area contributed by atoms with E-state index in [9.17, 15) is 14.4 Å². The van der Waals surface area contributed by atoms with E-state index in [2.05, 4.69) is 4.98 Å². The minimum Gasteiger partial charge on any atom is -0.365 e. The predicted molar refractivity (Wildman–Crippen MR) is 96.1 cm³/mol. The topological polar surface area (TPSA) is 96.3 Å². The quantitative estimate of drug-likeness (QED) is 0.821. The molecule has 132 valence electrons. The number of nitrogens with zero attached hydrogens (tertiary/aromatic N) is 1. The van der Waals surface area contributed by atoms with Gasteiger partial charge in [0.15, 0.2) is 5.78 Å². The van der Waals surface area contributed by atoms with Crippen molar-refractivity contribution in [2.24, 2.45) is 5.73 Å². The van der Waals surface area contributed by atoms with Crippen LogP contribution in [0.5, 0.6) is 0 Å². The first kappa shape index (κ1) is 17.4. The molecular formula is C18H21N3O3S. The number of thiophene rings is 1. The number of likely N-dealkylation sites (tertiary alicyclic amines) is 1. The summed E-state index contributed by atoms with van der Waals surface area (Å²) in [5.41, 5.74) is 7.81. The Kier molecular flexibility index (Phi) is 4.51. The van der Waals surface area contributed by atoms with E-state index in [1.54, 1.807) is 13.0 Å². The van der Waals surface area contributed by atoms with Crippen molar-refractivity contribution in [3.05, 3.63) is 44.4 Å². The number of nitrogens with two attached hydrogens (primary N) is 1. The number of amides is 2. The molecule has 2 amide bonds. The molecule has 0 saturated carbocycles. The molecule has 25 heavy (non-hydrogen) atoms. The predicted octanol–water partition coefficient (Wildman–Crippen LogP) is 2.97. The molecule has 3 heterocycles. The maximum Gasteiger partial charge on any atom is 0.258 e. The van der Waals surface area contributed by atoms with Crippen LogP contribution in [0.3, 0.4) is 0 Å². The minimum absolute atomic E-state index is 0.0555. The Labute approximate surface area is 150 Å². The van der Waals surface area contributed by atoms with E-state index in [1.165, 1.54) is 18.3 Å². The smallest absolute Gasteiger partial charge is 0.258 e. The van der Waals surface area contributed by atoms with E-state index in [0.717, 1.165) is 17.7 Å². The van der Waals surface area contributed by atoms with Crippen molar-refractivity contribution in [1.82, 2.24) is 9.88 Å². The summed E-state index contributed by atoms with van der Waals surface area (Å²) in [4.78, 5) is 42.6. The van der Waals surface area contributed by atoms with Crippen LogP contribution in [0.2, 0.25) is 0 Å². The van der Waals surface area contributed by atoms with Crippen molar-refractivity contribution >= 4 is 28.9 Å². The van der Waals surface area contributed by atoms with Gasteiger partial charge in [0.25, 0.3) is 11.8 Å². The molecule has 6 nitrogen and oxygen atoms in total. The van der Waals surface area contributed by atoms with Gasteiger partial charge in [-0.2, -0.15) is 0 Å². The number of primary amides is 1. The summed E-state index contributed by atoms with van der Waals surface area (Å²) in [6, 6.07) is 3.53. The lowest BCUT2D eigenvalue weighted by molar-refractivity contribution is 0.0736. The van der Waals surface area contributed by atoms with Crippen LogP contribution >= 0.6 is 11.3 Å². The molecule has 0 aliphatic carbocycles. The van der Waals surface area contributed by atoms with Gasteiger partial charge in [-0.3, -0.25) is 14.4 Å². The van der Waals surface area contributed by atoms with Crippen molar-refractivity contribution < 1.29 is 14.4 Å². The van der Waals surface area contributed by atoms with Gasteiger partial charge in [0, 0.05) is 24.0 Å². The molecule has 2 aromatic rings. The monoisotopic (exact) mass is 359 g/mol. The molecule has 1 aliphatic heterocycles. The highest BCUT2D eigenvalue weighted by atomic mass is 32.1. The first-order valence-electron chi connectivity index (χ1n) is 8.21. The van der Waals surface area contributed by atoms with E-state index in [4.69, 9.17) is 5.73 Å². The van der Waals surface area contributed by atoms with Gasteiger partial charge in [-0.1, -0.05) is 0 Å². The first-order valence-corrected chi connectivity index (χ1v) is 9.03. The lowest BCUT2D eigenvalue weighted by Crippen LogP contribution is -2.31. The number of H-pyrrole nitrogens is 1. The van der Waals surface area contributed by atoms with Crippen LogP contribution in [0, 0.1) is 13.8 Å². The van der Waals surface area contributed by atoms with Crippen LogP contribution < -0.4 is 5.73 Å². The third-order valence-corrected chi connectivity index (χ3v) is 5.92. The van der Waals surface area contributed by atoms with Crippen LogP contribution in [0.1, 0.15) is 72.5 Å². The molecule has 1 saturated heterocycles. The molecule has 2 aromatic heterocycles. The van der Waals surface area contributed by atoms with E-state index < -0.39 is 5.91 Å². The zero-order chi connectivity index (χ0) is 18.3. The summed E-state index contributed by atoms with van der Waals surface area (Å²) < 4.78 is 0. The molecular weight excluding hydrogens is 338 g/mol. The Bertz CT molecular complexity index is 865. The van der Waals surface area contributed by atoms with E-state index in [1.807, 2.05) is 17.9 Å². The fraction of sp³-hybridized carbons (Fsp3) is 0.389. The van der Waals surface area contributed by atoms with Gasteiger partial charge in [0.2, 0.25) is 0 Å². The highest BCUT2D eigenvalue weighted by Crippen LogP contribution is 2.37. The third kappa shape index (κ3) is 3.00. The maximum absolute atomic E-state index is 13.2. The number of hydrogen-bond donors (Lipinski definition) is 2. The second kappa shape index (κ2) is 6.48. The molecule has 0 unspecified atom stereocenters. The van der Waals surface area contributed by atoms with Crippen LogP contribution in [0.4, 0.5) is 0 Å². The standard InChI is InChI=1S/C18H21N3O3S/c1-9-15(10(2)20-16(9)11(3)22)18(24)21-8-4-5-12(21)13-6-7-14(25-13)17(19)23/h6-7,12,20H,4-5,8H2,1-3H3,(H2,19,23)/t12-/m1/s1. The Morgan fingerprint density at radius 1 is 1.28 bits per heavy atom. The molecule has 0 spiro atoms. The van der Waals surface area contributed by atoms with Gasteiger partial charge in [0.1, 0.15) is 0 Å². The molecule has 0 bridgehead atoms. The number of rotatable bonds is 4.